The second-order valence-corrected chi connectivity index (χ2v) is 13.3. The number of benzene rings is 3. The van der Waals surface area contributed by atoms with Crippen LogP contribution in [0.1, 0.15) is 62.3 Å². The number of aromatic nitrogens is 3. The van der Waals surface area contributed by atoms with Gasteiger partial charge in [-0.1, -0.05) is 0 Å². The number of esters is 3. The number of rotatable bonds is 15. The van der Waals surface area contributed by atoms with Gasteiger partial charge in [-0.15, -0.1) is 0 Å². The lowest BCUT2D eigenvalue weighted by Gasteiger charge is -2.24. The predicted octanol–water partition coefficient (Wildman–Crippen LogP) is 6.15. The summed E-state index contributed by atoms with van der Waals surface area (Å²) in [6, 6.07) is 12.8. The molecule has 15 heteroatoms. The highest BCUT2D eigenvalue weighted by Gasteiger charge is 2.34. The number of hydrogen-bond acceptors (Lipinski definition) is 15. The molecule has 1 aromatic heterocycles. The van der Waals surface area contributed by atoms with E-state index in [1.165, 1.54) is 96.1 Å². The zero-order valence-corrected chi connectivity index (χ0v) is 31.7. The largest absolute Gasteiger partial charge is 0.507 e. The fourth-order valence-electron chi connectivity index (χ4n) is 4.95. The van der Waals surface area contributed by atoms with E-state index in [0.29, 0.717) is 0 Å². The first-order valence-electron chi connectivity index (χ1n) is 17.2. The lowest BCUT2D eigenvalue weighted by molar-refractivity contribution is -0.159. The van der Waals surface area contributed by atoms with Gasteiger partial charge >= 0.3 is 17.9 Å². The molecule has 0 aliphatic carbocycles. The summed E-state index contributed by atoms with van der Waals surface area (Å²) in [5.74, 6) is -2.47. The molecule has 0 aliphatic rings. The van der Waals surface area contributed by atoms with Gasteiger partial charge in [-0.2, -0.15) is 0 Å². The van der Waals surface area contributed by atoms with Crippen molar-refractivity contribution in [2.24, 2.45) is 0 Å². The summed E-state index contributed by atoms with van der Waals surface area (Å²) in [6.45, 7) is 14.7. The van der Waals surface area contributed by atoms with Crippen molar-refractivity contribution >= 4 is 17.9 Å². The van der Waals surface area contributed by atoms with Crippen LogP contribution in [0.4, 0.5) is 0 Å². The molecule has 3 aromatic carbocycles. The quantitative estimate of drug-likeness (QED) is 0.0921. The smallest absolute Gasteiger partial charge is 0.349 e. The van der Waals surface area contributed by atoms with E-state index in [4.69, 9.17) is 28.4 Å². The van der Waals surface area contributed by atoms with Crippen molar-refractivity contribution in [1.29, 1.82) is 0 Å². The van der Waals surface area contributed by atoms with Crippen LogP contribution in [-0.4, -0.2) is 84.8 Å². The zero-order valence-electron chi connectivity index (χ0n) is 31.7. The molecule has 0 amide bonds. The molecule has 0 fully saturated rings. The highest BCUT2D eigenvalue weighted by atomic mass is 16.6. The molecule has 0 bridgehead atoms. The molecule has 3 N–H and O–H groups in total. The Bertz CT molecular complexity index is 1790. The monoisotopic (exact) mass is 747 g/mol. The first-order chi connectivity index (χ1) is 25.3. The maximum absolute atomic E-state index is 12.4. The number of aromatic hydroxyl groups is 3. The maximum atomic E-state index is 12.4. The topological polar surface area (TPSA) is 206 Å². The summed E-state index contributed by atoms with van der Waals surface area (Å²) in [6.07, 6.45) is 0. The minimum atomic E-state index is -1.37. The molecule has 15 nitrogen and oxygen atoms in total. The van der Waals surface area contributed by atoms with Gasteiger partial charge < -0.3 is 43.7 Å². The molecule has 0 aliphatic heterocycles. The number of ether oxygens (including phenoxy) is 6. The van der Waals surface area contributed by atoms with Gasteiger partial charge in [0.05, 0.1) is 36.5 Å². The summed E-state index contributed by atoms with van der Waals surface area (Å²) in [7, 11) is 0. The van der Waals surface area contributed by atoms with Crippen LogP contribution >= 0.6 is 0 Å². The summed E-state index contributed by atoms with van der Waals surface area (Å²) < 4.78 is 32.7. The molecule has 0 spiro atoms. The van der Waals surface area contributed by atoms with Crippen LogP contribution in [0.15, 0.2) is 54.6 Å². The van der Waals surface area contributed by atoms with E-state index >= 15 is 0 Å². The van der Waals surface area contributed by atoms with Crippen molar-refractivity contribution in [1.82, 2.24) is 15.0 Å². The van der Waals surface area contributed by atoms with Gasteiger partial charge in [-0.3, -0.25) is 0 Å². The van der Waals surface area contributed by atoms with Crippen molar-refractivity contribution in [2.75, 3.05) is 19.8 Å². The minimum Gasteiger partial charge on any atom is -0.507 e. The molecule has 1 heterocycles. The van der Waals surface area contributed by atoms with E-state index < -0.39 is 34.7 Å². The zero-order chi connectivity index (χ0) is 40.0. The lowest BCUT2D eigenvalue weighted by atomic mass is 10.1. The number of hydrogen-bond donors (Lipinski definition) is 3. The van der Waals surface area contributed by atoms with Crippen LogP contribution in [0, 0.1) is 0 Å². The molecule has 0 atom stereocenters. The standard InChI is InChI=1S/C39H45N3O12/c1-10-49-34(46)37(4,5)52-22-13-16-25(28(43)19-22)31-40-32(26-17-14-23(20-29(26)44)53-38(6,7)35(47)50-11-2)42-33(41-31)27-18-15-24(21-30(27)45)54-39(8,9)36(48)51-12-3/h13-21,43-45H,10-12H2,1-9H3. The first kappa shape index (κ1) is 40.6. The summed E-state index contributed by atoms with van der Waals surface area (Å²) >= 11 is 0. The van der Waals surface area contributed by atoms with Crippen LogP contribution in [0.5, 0.6) is 34.5 Å². The molecule has 4 aromatic rings. The van der Waals surface area contributed by atoms with Gasteiger partial charge in [0.2, 0.25) is 0 Å². The third kappa shape index (κ3) is 9.45. The number of carbonyl (C=O) groups excluding carboxylic acids is 3. The first-order valence-corrected chi connectivity index (χ1v) is 17.2. The Morgan fingerprint density at radius 1 is 0.481 bits per heavy atom. The SMILES string of the molecule is CCOC(=O)C(C)(C)Oc1ccc(-c2nc(-c3ccc(OC(C)(C)C(=O)OCC)cc3O)nc(-c3ccc(OC(C)(C)C(=O)OCC)cc3O)n2)c(O)c1. The van der Waals surface area contributed by atoms with Gasteiger partial charge in [0.25, 0.3) is 0 Å². The fourth-order valence-corrected chi connectivity index (χ4v) is 4.95. The molecule has 54 heavy (non-hydrogen) atoms. The third-order valence-electron chi connectivity index (χ3n) is 7.69. The van der Waals surface area contributed by atoms with Crippen molar-refractivity contribution in [3.8, 4) is 68.7 Å². The van der Waals surface area contributed by atoms with Crippen LogP contribution in [-0.2, 0) is 28.6 Å². The molecule has 0 saturated carbocycles. The van der Waals surface area contributed by atoms with Gasteiger partial charge in [0, 0.05) is 18.2 Å². The molecular weight excluding hydrogens is 702 g/mol. The van der Waals surface area contributed by atoms with Crippen molar-refractivity contribution in [2.45, 2.75) is 79.1 Å². The average Bonchev–Trinajstić information content (AvgIpc) is 3.08. The molecule has 288 valence electrons. The Hall–Kier alpha value is -6.12. The predicted molar refractivity (Wildman–Crippen MR) is 195 cm³/mol. The van der Waals surface area contributed by atoms with Gasteiger partial charge in [-0.05, 0) is 98.7 Å². The Labute approximate surface area is 312 Å². The number of nitrogens with zero attached hydrogens (tertiary/aromatic N) is 3. The lowest BCUT2D eigenvalue weighted by Crippen LogP contribution is -2.39. The fraction of sp³-hybridized carbons (Fsp3) is 0.385. The maximum Gasteiger partial charge on any atom is 0.349 e. The van der Waals surface area contributed by atoms with E-state index in [-0.39, 0.29) is 88.5 Å². The van der Waals surface area contributed by atoms with Crippen LogP contribution in [0.3, 0.4) is 0 Å². The van der Waals surface area contributed by atoms with Gasteiger partial charge in [0.1, 0.15) is 34.5 Å². The van der Waals surface area contributed by atoms with Crippen LogP contribution < -0.4 is 14.2 Å². The van der Waals surface area contributed by atoms with Crippen LogP contribution in [0.2, 0.25) is 0 Å². The number of carbonyl (C=O) groups is 3. The Kier molecular flexibility index (Phi) is 12.2. The second kappa shape index (κ2) is 16.3. The van der Waals surface area contributed by atoms with Crippen LogP contribution in [0.25, 0.3) is 34.2 Å². The van der Waals surface area contributed by atoms with Gasteiger partial charge in [-0.25, -0.2) is 29.3 Å². The van der Waals surface area contributed by atoms with E-state index in [1.54, 1.807) is 20.8 Å². The normalized spacial score (nSPS) is 11.7. The molecular formula is C39H45N3O12. The Morgan fingerprint density at radius 3 is 0.926 bits per heavy atom. The molecule has 0 saturated heterocycles. The number of phenols is 3. The highest BCUT2D eigenvalue weighted by Crippen LogP contribution is 2.39. The molecule has 0 radical (unpaired) electrons. The summed E-state index contributed by atoms with van der Waals surface area (Å²) in [5.41, 5.74) is -3.74. The average molecular weight is 748 g/mol. The number of phenolic OH excluding ortho intramolecular Hbond substituents is 3. The molecule has 4 rings (SSSR count). The second-order valence-electron chi connectivity index (χ2n) is 13.3. The minimum absolute atomic E-state index is 0.0601. The van der Waals surface area contributed by atoms with Crippen molar-refractivity contribution in [3.63, 3.8) is 0 Å². The molecule has 0 unspecified atom stereocenters. The summed E-state index contributed by atoms with van der Waals surface area (Å²) in [5, 5.41) is 33.5. The van der Waals surface area contributed by atoms with Gasteiger partial charge in [0.15, 0.2) is 34.3 Å². The highest BCUT2D eigenvalue weighted by molar-refractivity contribution is 5.81. The van der Waals surface area contributed by atoms with E-state index in [0.717, 1.165) is 0 Å². The van der Waals surface area contributed by atoms with Crippen molar-refractivity contribution in [3.05, 3.63) is 54.6 Å². The van der Waals surface area contributed by atoms with Crippen molar-refractivity contribution < 1.29 is 58.1 Å². The van der Waals surface area contributed by atoms with E-state index in [9.17, 15) is 29.7 Å². The summed E-state index contributed by atoms with van der Waals surface area (Å²) in [4.78, 5) is 50.8. The third-order valence-corrected chi connectivity index (χ3v) is 7.69. The Balaban J connectivity index is 1.81. The Morgan fingerprint density at radius 2 is 0.722 bits per heavy atom. The van der Waals surface area contributed by atoms with E-state index in [1.807, 2.05) is 0 Å². The van der Waals surface area contributed by atoms with E-state index in [2.05, 4.69) is 15.0 Å².